The van der Waals surface area contributed by atoms with Crippen molar-refractivity contribution >= 4 is 11.8 Å². The summed E-state index contributed by atoms with van der Waals surface area (Å²) in [4.78, 5) is 26.2. The minimum Gasteiger partial charge on any atom is -0.378 e. The van der Waals surface area contributed by atoms with E-state index in [1.54, 1.807) is 11.8 Å². The minimum absolute atomic E-state index is 0.104. The Labute approximate surface area is 119 Å². The third kappa shape index (κ3) is 2.93. The summed E-state index contributed by atoms with van der Waals surface area (Å²) in [7, 11) is 0. The highest BCUT2D eigenvalue weighted by atomic mass is 16.5. The van der Waals surface area contributed by atoms with Crippen LogP contribution in [0.2, 0.25) is 0 Å². The van der Waals surface area contributed by atoms with E-state index in [4.69, 9.17) is 4.74 Å². The van der Waals surface area contributed by atoms with E-state index in [1.165, 1.54) is 0 Å². The van der Waals surface area contributed by atoms with E-state index in [0.717, 1.165) is 12.8 Å². The van der Waals surface area contributed by atoms with Crippen LogP contribution in [-0.2, 0) is 14.3 Å². The number of ether oxygens (including phenoxy) is 1. The van der Waals surface area contributed by atoms with E-state index < -0.39 is 11.5 Å². The van der Waals surface area contributed by atoms with Gasteiger partial charge in [0, 0.05) is 13.1 Å². The van der Waals surface area contributed by atoms with Gasteiger partial charge in [-0.2, -0.15) is 5.26 Å². The molecule has 0 unspecified atom stereocenters. The van der Waals surface area contributed by atoms with Gasteiger partial charge < -0.3 is 15.0 Å². The number of hydrogen-bond acceptors (Lipinski definition) is 4. The first-order valence-corrected chi connectivity index (χ1v) is 7.18. The Kier molecular flexibility index (Phi) is 4.61. The van der Waals surface area contributed by atoms with E-state index >= 15 is 0 Å². The maximum atomic E-state index is 12.3. The highest BCUT2D eigenvalue weighted by Gasteiger charge is 2.42. The van der Waals surface area contributed by atoms with Gasteiger partial charge in [-0.05, 0) is 19.8 Å². The quantitative estimate of drug-likeness (QED) is 0.812. The predicted molar refractivity (Wildman–Crippen MR) is 71.5 cm³/mol. The Morgan fingerprint density at radius 2 is 1.90 bits per heavy atom. The summed E-state index contributed by atoms with van der Waals surface area (Å²) in [5.41, 5.74) is -0.931. The summed E-state index contributed by atoms with van der Waals surface area (Å²) >= 11 is 0. The van der Waals surface area contributed by atoms with Crippen molar-refractivity contribution in [2.24, 2.45) is 5.41 Å². The maximum Gasteiger partial charge on any atom is 0.245 e. The lowest BCUT2D eigenvalue weighted by Crippen LogP contribution is -2.52. The first kappa shape index (κ1) is 14.8. The molecule has 110 valence electrons. The average Bonchev–Trinajstić information content (AvgIpc) is 2.97. The first-order valence-electron chi connectivity index (χ1n) is 7.18. The molecule has 0 spiro atoms. The highest BCUT2D eigenvalue weighted by molar-refractivity contribution is 5.91. The fourth-order valence-electron chi connectivity index (χ4n) is 2.82. The number of nitrogens with one attached hydrogen (secondary N) is 1. The van der Waals surface area contributed by atoms with Gasteiger partial charge in [-0.15, -0.1) is 0 Å². The normalized spacial score (nSPS) is 22.9. The van der Waals surface area contributed by atoms with Crippen LogP contribution in [0.1, 0.15) is 32.6 Å². The lowest BCUT2D eigenvalue weighted by Gasteiger charge is -2.30. The molecule has 0 aromatic rings. The van der Waals surface area contributed by atoms with Crippen molar-refractivity contribution in [2.75, 3.05) is 26.3 Å². The van der Waals surface area contributed by atoms with Gasteiger partial charge in [0.2, 0.25) is 11.8 Å². The molecular formula is C14H21N3O3. The van der Waals surface area contributed by atoms with Crippen LogP contribution in [-0.4, -0.2) is 49.1 Å². The molecule has 20 heavy (non-hydrogen) atoms. The largest absolute Gasteiger partial charge is 0.378 e. The highest BCUT2D eigenvalue weighted by Crippen LogP contribution is 2.37. The summed E-state index contributed by atoms with van der Waals surface area (Å²) in [5.74, 6) is -0.403. The summed E-state index contributed by atoms with van der Waals surface area (Å²) in [6.45, 7) is 3.86. The van der Waals surface area contributed by atoms with Gasteiger partial charge in [0.25, 0.3) is 0 Å². The molecule has 6 nitrogen and oxygen atoms in total. The number of rotatable bonds is 3. The Bertz CT molecular complexity index is 418. The summed E-state index contributed by atoms with van der Waals surface area (Å²) in [6.07, 6.45) is 2.97. The molecule has 1 saturated heterocycles. The zero-order chi connectivity index (χ0) is 14.6. The van der Waals surface area contributed by atoms with Crippen LogP contribution in [0.15, 0.2) is 0 Å². The third-order valence-corrected chi connectivity index (χ3v) is 4.15. The molecule has 0 radical (unpaired) electrons. The Morgan fingerprint density at radius 3 is 2.45 bits per heavy atom. The molecule has 0 aromatic carbocycles. The van der Waals surface area contributed by atoms with E-state index in [1.807, 2.05) is 0 Å². The van der Waals surface area contributed by atoms with Crippen LogP contribution in [0, 0.1) is 16.7 Å². The van der Waals surface area contributed by atoms with Gasteiger partial charge >= 0.3 is 0 Å². The van der Waals surface area contributed by atoms with Gasteiger partial charge in [-0.3, -0.25) is 9.59 Å². The van der Waals surface area contributed by atoms with Crippen molar-refractivity contribution in [3.8, 4) is 6.07 Å². The van der Waals surface area contributed by atoms with Crippen molar-refractivity contribution in [1.29, 1.82) is 5.26 Å². The SMILES string of the molecule is C[C@H](NC(=O)C1(C#N)CCCC1)C(=O)N1CCOCC1. The third-order valence-electron chi connectivity index (χ3n) is 4.15. The number of nitrogens with zero attached hydrogens (tertiary/aromatic N) is 2. The molecule has 2 fully saturated rings. The molecule has 1 aliphatic carbocycles. The molecule has 1 heterocycles. The number of nitriles is 1. The fraction of sp³-hybridized carbons (Fsp3) is 0.786. The molecule has 2 amide bonds. The molecule has 0 aromatic heterocycles. The predicted octanol–water partition coefficient (Wildman–Crippen LogP) is 0.434. The molecule has 2 rings (SSSR count). The van der Waals surface area contributed by atoms with Crippen LogP contribution >= 0.6 is 0 Å². The summed E-state index contributed by atoms with van der Waals surface area (Å²) in [5, 5.41) is 12.0. The summed E-state index contributed by atoms with van der Waals surface area (Å²) in [6, 6.07) is 1.55. The fourth-order valence-corrected chi connectivity index (χ4v) is 2.82. The molecular weight excluding hydrogens is 258 g/mol. The average molecular weight is 279 g/mol. The van der Waals surface area contributed by atoms with Crippen molar-refractivity contribution in [1.82, 2.24) is 10.2 Å². The van der Waals surface area contributed by atoms with Crippen LogP contribution in [0.4, 0.5) is 0 Å². The van der Waals surface area contributed by atoms with E-state index in [0.29, 0.717) is 39.1 Å². The molecule has 1 N–H and O–H groups in total. The lowest BCUT2D eigenvalue weighted by atomic mass is 9.87. The second-order valence-corrected chi connectivity index (χ2v) is 5.53. The van der Waals surface area contributed by atoms with Gasteiger partial charge in [-0.1, -0.05) is 12.8 Å². The van der Waals surface area contributed by atoms with Crippen molar-refractivity contribution in [3.05, 3.63) is 0 Å². The standard InChI is InChI=1S/C14H21N3O3/c1-11(12(18)17-6-8-20-9-7-17)16-13(19)14(10-15)4-2-3-5-14/h11H,2-9H2,1H3,(H,16,19)/t11-/m0/s1. The van der Waals surface area contributed by atoms with Crippen molar-refractivity contribution < 1.29 is 14.3 Å². The second-order valence-electron chi connectivity index (χ2n) is 5.53. The molecule has 1 atom stereocenters. The first-order chi connectivity index (χ1) is 9.59. The van der Waals surface area contributed by atoms with Crippen LogP contribution < -0.4 is 5.32 Å². The molecule has 6 heteroatoms. The summed E-state index contributed by atoms with van der Waals surface area (Å²) < 4.78 is 5.20. The van der Waals surface area contributed by atoms with E-state index in [9.17, 15) is 14.9 Å². The number of morpholine rings is 1. The molecule has 1 aliphatic heterocycles. The number of carbonyl (C=O) groups excluding carboxylic acids is 2. The molecule has 1 saturated carbocycles. The lowest BCUT2D eigenvalue weighted by molar-refractivity contribution is -0.140. The van der Waals surface area contributed by atoms with Crippen LogP contribution in [0.25, 0.3) is 0 Å². The Balaban J connectivity index is 1.93. The van der Waals surface area contributed by atoms with Gasteiger partial charge in [-0.25, -0.2) is 0 Å². The second kappa shape index (κ2) is 6.23. The molecule has 2 aliphatic rings. The number of carbonyl (C=O) groups is 2. The zero-order valence-corrected chi connectivity index (χ0v) is 11.9. The zero-order valence-electron chi connectivity index (χ0n) is 11.9. The maximum absolute atomic E-state index is 12.3. The Hall–Kier alpha value is -1.61. The van der Waals surface area contributed by atoms with Gasteiger partial charge in [0.15, 0.2) is 0 Å². The topological polar surface area (TPSA) is 82.4 Å². The van der Waals surface area contributed by atoms with Crippen molar-refractivity contribution in [3.63, 3.8) is 0 Å². The van der Waals surface area contributed by atoms with Crippen LogP contribution in [0.3, 0.4) is 0 Å². The number of amides is 2. The number of hydrogen-bond donors (Lipinski definition) is 1. The van der Waals surface area contributed by atoms with Gasteiger partial charge in [0.05, 0.1) is 19.3 Å². The van der Waals surface area contributed by atoms with E-state index in [-0.39, 0.29) is 11.8 Å². The molecule has 0 bridgehead atoms. The smallest absolute Gasteiger partial charge is 0.245 e. The minimum atomic E-state index is -0.931. The van der Waals surface area contributed by atoms with Crippen LogP contribution in [0.5, 0.6) is 0 Å². The monoisotopic (exact) mass is 279 g/mol. The van der Waals surface area contributed by atoms with E-state index in [2.05, 4.69) is 11.4 Å². The van der Waals surface area contributed by atoms with Crippen molar-refractivity contribution in [2.45, 2.75) is 38.6 Å². The van der Waals surface area contributed by atoms with Gasteiger partial charge in [0.1, 0.15) is 11.5 Å². The Morgan fingerprint density at radius 1 is 1.30 bits per heavy atom.